The summed E-state index contributed by atoms with van der Waals surface area (Å²) < 4.78 is -1.49. The van der Waals surface area contributed by atoms with Crippen LogP contribution < -0.4 is 0 Å². The van der Waals surface area contributed by atoms with E-state index >= 15 is 0 Å². The summed E-state index contributed by atoms with van der Waals surface area (Å²) in [5.41, 5.74) is 0.995. The fourth-order valence-corrected chi connectivity index (χ4v) is 9.25. The van der Waals surface area contributed by atoms with E-state index in [1.165, 1.54) is 0 Å². The van der Waals surface area contributed by atoms with Crippen molar-refractivity contribution in [2.75, 3.05) is 32.8 Å². The lowest BCUT2D eigenvalue weighted by Crippen LogP contribution is -2.57. The van der Waals surface area contributed by atoms with Crippen LogP contribution in [-0.2, 0) is 20.8 Å². The Labute approximate surface area is 236 Å². The molecule has 1 N–H and O–H groups in total. The number of aliphatic hydroxyl groups is 1. The molecule has 5 rings (SSSR count). The number of likely N-dealkylation sites (tertiary alicyclic amines) is 1. The van der Waals surface area contributed by atoms with Gasteiger partial charge in [0.1, 0.15) is 6.04 Å². The molecule has 1 aromatic carbocycles. The van der Waals surface area contributed by atoms with Crippen molar-refractivity contribution in [3.8, 4) is 0 Å². The standard InChI is InChI=1S/C31H41N3O4S/c1-4-6-17-33-19-11-15-31-25(24-27(36)32(16-5-2)18-10-14-30(24,3)39-31)28(37)34(26(31)29(33)38)23(21-35)20-22-12-8-7-9-13-22/h7-15,23-26,35H,4-6,16-21H2,1-3H3/t23-,24+,25+,26?,30-,31+/m1/s1. The van der Waals surface area contributed by atoms with Gasteiger partial charge in [-0.25, -0.2) is 0 Å². The molecule has 4 aliphatic heterocycles. The van der Waals surface area contributed by atoms with E-state index in [1.807, 2.05) is 46.2 Å². The molecule has 0 radical (unpaired) electrons. The third kappa shape index (κ3) is 4.63. The number of unbranched alkanes of at least 4 members (excludes halogenated alkanes) is 1. The molecule has 6 atom stereocenters. The third-order valence-electron chi connectivity index (χ3n) is 8.86. The van der Waals surface area contributed by atoms with E-state index in [0.29, 0.717) is 32.6 Å². The highest BCUT2D eigenvalue weighted by Crippen LogP contribution is 2.65. The Morgan fingerprint density at radius 1 is 0.923 bits per heavy atom. The van der Waals surface area contributed by atoms with E-state index in [2.05, 4.69) is 39.0 Å². The summed E-state index contributed by atoms with van der Waals surface area (Å²) in [6, 6.07) is 8.45. The van der Waals surface area contributed by atoms with Crippen LogP contribution in [0.25, 0.3) is 0 Å². The van der Waals surface area contributed by atoms with Crippen molar-refractivity contribution in [2.24, 2.45) is 11.8 Å². The molecule has 0 bridgehead atoms. The number of nitrogens with zero attached hydrogens (tertiary/aromatic N) is 3. The predicted molar refractivity (Wildman–Crippen MR) is 154 cm³/mol. The van der Waals surface area contributed by atoms with Crippen LogP contribution in [0.5, 0.6) is 0 Å². The molecule has 1 unspecified atom stereocenters. The lowest BCUT2D eigenvalue weighted by atomic mass is 9.74. The van der Waals surface area contributed by atoms with Crippen LogP contribution in [-0.4, -0.2) is 91.9 Å². The average Bonchev–Trinajstić information content (AvgIpc) is 3.21. The first kappa shape index (κ1) is 28.0. The molecule has 8 heteroatoms. The van der Waals surface area contributed by atoms with Crippen LogP contribution in [0.2, 0.25) is 0 Å². The predicted octanol–water partition coefficient (Wildman–Crippen LogP) is 3.28. The Hall–Kier alpha value is -2.58. The van der Waals surface area contributed by atoms with Crippen LogP contribution in [0.15, 0.2) is 54.6 Å². The molecule has 0 aromatic heterocycles. The van der Waals surface area contributed by atoms with E-state index < -0.39 is 33.4 Å². The fourth-order valence-electron chi connectivity index (χ4n) is 7.11. The lowest BCUT2D eigenvalue weighted by Gasteiger charge is -2.40. The van der Waals surface area contributed by atoms with Crippen LogP contribution in [0, 0.1) is 11.8 Å². The summed E-state index contributed by atoms with van der Waals surface area (Å²) in [6.45, 7) is 8.23. The van der Waals surface area contributed by atoms with Gasteiger partial charge >= 0.3 is 0 Å². The van der Waals surface area contributed by atoms with E-state index in [4.69, 9.17) is 0 Å². The van der Waals surface area contributed by atoms with Crippen molar-refractivity contribution in [1.29, 1.82) is 0 Å². The fraction of sp³-hybridized carbons (Fsp3) is 0.581. The maximum Gasteiger partial charge on any atom is 0.247 e. The van der Waals surface area contributed by atoms with Gasteiger partial charge in [0.05, 0.1) is 29.2 Å². The smallest absolute Gasteiger partial charge is 0.247 e. The molecule has 3 amide bonds. The van der Waals surface area contributed by atoms with Gasteiger partial charge in [-0.2, -0.15) is 0 Å². The second-order valence-electron chi connectivity index (χ2n) is 11.5. The first-order valence-corrected chi connectivity index (χ1v) is 15.2. The van der Waals surface area contributed by atoms with Gasteiger partial charge in [0.25, 0.3) is 0 Å². The van der Waals surface area contributed by atoms with Gasteiger partial charge in [-0.1, -0.05) is 74.9 Å². The topological polar surface area (TPSA) is 81.2 Å². The summed E-state index contributed by atoms with van der Waals surface area (Å²) in [5, 5.41) is 10.6. The summed E-state index contributed by atoms with van der Waals surface area (Å²) >= 11 is 1.61. The molecule has 1 spiro atoms. The van der Waals surface area contributed by atoms with Crippen LogP contribution >= 0.6 is 11.8 Å². The second-order valence-corrected chi connectivity index (χ2v) is 13.3. The summed E-state index contributed by atoms with van der Waals surface area (Å²) in [6.07, 6.45) is 11.4. The zero-order chi connectivity index (χ0) is 27.8. The van der Waals surface area contributed by atoms with E-state index in [9.17, 15) is 19.5 Å². The number of benzene rings is 1. The van der Waals surface area contributed by atoms with Crippen LogP contribution in [0.4, 0.5) is 0 Å². The largest absolute Gasteiger partial charge is 0.394 e. The number of carbonyl (C=O) groups is 3. The Bertz CT molecular complexity index is 1160. The van der Waals surface area contributed by atoms with Crippen molar-refractivity contribution in [1.82, 2.24) is 14.7 Å². The normalized spacial score (nSPS) is 32.7. The number of fused-ring (bicyclic) bond motifs is 2. The third-order valence-corrected chi connectivity index (χ3v) is 10.7. The number of carbonyl (C=O) groups excluding carboxylic acids is 3. The molecule has 2 saturated heterocycles. The number of thioether (sulfide) groups is 1. The van der Waals surface area contributed by atoms with E-state index in [1.54, 1.807) is 16.7 Å². The Morgan fingerprint density at radius 2 is 1.62 bits per heavy atom. The first-order valence-electron chi connectivity index (χ1n) is 14.4. The van der Waals surface area contributed by atoms with Gasteiger partial charge in [0.15, 0.2) is 0 Å². The highest BCUT2D eigenvalue weighted by atomic mass is 32.2. The summed E-state index contributed by atoms with van der Waals surface area (Å²) in [7, 11) is 0. The van der Waals surface area contributed by atoms with Crippen LogP contribution in [0.3, 0.4) is 0 Å². The van der Waals surface area contributed by atoms with E-state index in [0.717, 1.165) is 24.8 Å². The minimum Gasteiger partial charge on any atom is -0.394 e. The molecule has 1 aromatic rings. The van der Waals surface area contributed by atoms with Gasteiger partial charge in [-0.05, 0) is 31.7 Å². The minimum atomic E-state index is -0.881. The Morgan fingerprint density at radius 3 is 2.28 bits per heavy atom. The molecule has 2 fully saturated rings. The number of amides is 3. The quantitative estimate of drug-likeness (QED) is 0.477. The summed E-state index contributed by atoms with van der Waals surface area (Å²) in [4.78, 5) is 48.6. The average molecular weight is 552 g/mol. The number of aliphatic hydroxyl groups excluding tert-OH is 1. The zero-order valence-electron chi connectivity index (χ0n) is 23.3. The van der Waals surface area contributed by atoms with Crippen molar-refractivity contribution in [3.63, 3.8) is 0 Å². The van der Waals surface area contributed by atoms with Crippen molar-refractivity contribution in [2.45, 2.75) is 68.0 Å². The maximum absolute atomic E-state index is 14.6. The highest BCUT2D eigenvalue weighted by molar-refractivity contribution is 8.02. The molecule has 0 saturated carbocycles. The van der Waals surface area contributed by atoms with Crippen molar-refractivity contribution in [3.05, 3.63) is 60.2 Å². The first-order chi connectivity index (χ1) is 18.8. The molecule has 0 aliphatic carbocycles. The molecule has 39 heavy (non-hydrogen) atoms. The van der Waals surface area contributed by atoms with Gasteiger partial charge in [0.2, 0.25) is 17.7 Å². The monoisotopic (exact) mass is 551 g/mol. The Kier molecular flexibility index (Phi) is 7.98. The molecule has 210 valence electrons. The summed E-state index contributed by atoms with van der Waals surface area (Å²) in [5.74, 6) is -1.53. The Balaban J connectivity index is 1.62. The van der Waals surface area contributed by atoms with Crippen molar-refractivity contribution >= 4 is 29.5 Å². The minimum absolute atomic E-state index is 0.00998. The lowest BCUT2D eigenvalue weighted by molar-refractivity contribution is -0.147. The molecular formula is C31H41N3O4S. The molecule has 4 aliphatic rings. The number of hydrogen-bond acceptors (Lipinski definition) is 5. The van der Waals surface area contributed by atoms with Crippen LogP contribution in [0.1, 0.15) is 45.6 Å². The van der Waals surface area contributed by atoms with Gasteiger partial charge in [0, 0.05) is 30.9 Å². The second kappa shape index (κ2) is 11.1. The zero-order valence-corrected chi connectivity index (χ0v) is 24.1. The molecule has 4 heterocycles. The molecular weight excluding hydrogens is 510 g/mol. The van der Waals surface area contributed by atoms with Gasteiger partial charge < -0.3 is 19.8 Å². The van der Waals surface area contributed by atoms with E-state index in [-0.39, 0.29) is 24.3 Å². The number of rotatable bonds is 9. The number of hydrogen-bond donors (Lipinski definition) is 1. The molecule has 7 nitrogen and oxygen atoms in total. The highest BCUT2D eigenvalue weighted by Gasteiger charge is 2.74. The van der Waals surface area contributed by atoms with Crippen molar-refractivity contribution < 1.29 is 19.5 Å². The van der Waals surface area contributed by atoms with Gasteiger partial charge in [-0.3, -0.25) is 14.4 Å². The SMILES string of the molecule is CCCCN1CC=C[C@]23S[C@]4(C)C=CCN(CCC)C(=O)[C@@H]4[C@H]2C(=O)N([C@@H](CO)Cc2ccccc2)C3C1=O. The van der Waals surface area contributed by atoms with Gasteiger partial charge in [-0.15, -0.1) is 11.8 Å². The maximum atomic E-state index is 14.6.